The van der Waals surface area contributed by atoms with Gasteiger partial charge in [0.05, 0.1) is 0 Å². The van der Waals surface area contributed by atoms with Gasteiger partial charge in [0, 0.05) is 25.5 Å². The fraction of sp³-hybridized carbons (Fsp3) is 0.700. The van der Waals surface area contributed by atoms with Gasteiger partial charge >= 0.3 is 0 Å². The molecule has 7 heteroatoms. The molecule has 0 saturated carbocycles. The fourth-order valence-corrected chi connectivity index (χ4v) is 2.54. The summed E-state index contributed by atoms with van der Waals surface area (Å²) in [4.78, 5) is 6.26. The lowest BCUT2D eigenvalue weighted by Crippen LogP contribution is -2.34. The Balaban J connectivity index is 2.56. The molecule has 0 saturated heterocycles. The number of aliphatic hydroxyl groups is 1. The van der Waals surface area contributed by atoms with Crippen LogP contribution in [0.15, 0.2) is 17.6 Å². The van der Waals surface area contributed by atoms with Gasteiger partial charge in [0.2, 0.25) is 5.16 Å². The third kappa shape index (κ3) is 4.45. The second-order valence-electron chi connectivity index (χ2n) is 4.71. The van der Waals surface area contributed by atoms with Crippen LogP contribution in [-0.4, -0.2) is 36.6 Å². The minimum Gasteiger partial charge on any atom is -0.396 e. The molecule has 1 aromatic heterocycles. The standard InChI is InChI=1S/C10H19N3O3S/c1-10(2,4-3-7-14)8-13-17(15,16)9-11-5-6-12-9/h5-6,13-14H,3-4,7-8H2,1-2H3,(H,11,12). The van der Waals surface area contributed by atoms with E-state index in [9.17, 15) is 8.42 Å². The Morgan fingerprint density at radius 3 is 2.76 bits per heavy atom. The summed E-state index contributed by atoms with van der Waals surface area (Å²) in [6, 6.07) is 0. The first-order chi connectivity index (χ1) is 7.87. The first kappa shape index (κ1) is 14.1. The molecule has 1 aromatic rings. The Morgan fingerprint density at radius 1 is 1.53 bits per heavy atom. The van der Waals surface area contributed by atoms with Crippen LogP contribution in [0.4, 0.5) is 0 Å². The van der Waals surface area contributed by atoms with Gasteiger partial charge in [-0.05, 0) is 18.3 Å². The van der Waals surface area contributed by atoms with Gasteiger partial charge in [-0.15, -0.1) is 0 Å². The highest BCUT2D eigenvalue weighted by Gasteiger charge is 2.23. The minimum absolute atomic E-state index is 0.0736. The number of aromatic nitrogens is 2. The van der Waals surface area contributed by atoms with Crippen LogP contribution in [0.1, 0.15) is 26.7 Å². The zero-order valence-electron chi connectivity index (χ0n) is 10.1. The van der Waals surface area contributed by atoms with Gasteiger partial charge in [0.15, 0.2) is 0 Å². The van der Waals surface area contributed by atoms with Gasteiger partial charge in [-0.25, -0.2) is 18.1 Å². The molecule has 1 rings (SSSR count). The van der Waals surface area contributed by atoms with Crippen LogP contribution < -0.4 is 4.72 Å². The smallest absolute Gasteiger partial charge is 0.274 e. The van der Waals surface area contributed by atoms with Crippen LogP contribution in [0.25, 0.3) is 0 Å². The van der Waals surface area contributed by atoms with Crippen LogP contribution in [-0.2, 0) is 10.0 Å². The number of aliphatic hydroxyl groups excluding tert-OH is 1. The maximum atomic E-state index is 11.8. The quantitative estimate of drug-likeness (QED) is 0.665. The molecule has 3 N–H and O–H groups in total. The molecule has 0 radical (unpaired) electrons. The Kier molecular flexibility index (Phi) is 4.67. The highest BCUT2D eigenvalue weighted by Crippen LogP contribution is 2.21. The Labute approximate surface area is 102 Å². The van der Waals surface area contributed by atoms with E-state index in [1.165, 1.54) is 12.4 Å². The Hall–Kier alpha value is -0.920. The normalized spacial score (nSPS) is 12.9. The van der Waals surface area contributed by atoms with Crippen LogP contribution in [0.5, 0.6) is 0 Å². The summed E-state index contributed by atoms with van der Waals surface area (Å²) in [5, 5.41) is 8.68. The lowest BCUT2D eigenvalue weighted by Gasteiger charge is -2.24. The van der Waals surface area contributed by atoms with Crippen molar-refractivity contribution in [1.29, 1.82) is 0 Å². The van der Waals surface area contributed by atoms with E-state index >= 15 is 0 Å². The monoisotopic (exact) mass is 261 g/mol. The molecule has 98 valence electrons. The molecule has 1 heterocycles. The highest BCUT2D eigenvalue weighted by atomic mass is 32.2. The topological polar surface area (TPSA) is 95.1 Å². The number of imidazole rings is 1. The molecule has 0 atom stereocenters. The molecule has 17 heavy (non-hydrogen) atoms. The molecular weight excluding hydrogens is 242 g/mol. The molecule has 0 spiro atoms. The number of H-pyrrole nitrogens is 1. The van der Waals surface area contributed by atoms with Crippen LogP contribution in [0, 0.1) is 5.41 Å². The summed E-state index contributed by atoms with van der Waals surface area (Å²) >= 11 is 0. The third-order valence-corrected chi connectivity index (χ3v) is 3.74. The van der Waals surface area contributed by atoms with E-state index in [1.54, 1.807) is 0 Å². The van der Waals surface area contributed by atoms with Crippen molar-refractivity contribution in [3.05, 3.63) is 12.4 Å². The van der Waals surface area contributed by atoms with Crippen molar-refractivity contribution in [3.8, 4) is 0 Å². The molecule has 0 amide bonds. The first-order valence-corrected chi connectivity index (χ1v) is 6.96. The van der Waals surface area contributed by atoms with Crippen molar-refractivity contribution in [1.82, 2.24) is 14.7 Å². The first-order valence-electron chi connectivity index (χ1n) is 5.47. The third-order valence-electron chi connectivity index (χ3n) is 2.48. The van der Waals surface area contributed by atoms with E-state index in [4.69, 9.17) is 5.11 Å². The number of nitrogens with zero attached hydrogens (tertiary/aromatic N) is 1. The maximum Gasteiger partial charge on any atom is 0.274 e. The predicted octanol–water partition coefficient (Wildman–Crippen LogP) is 0.487. The van der Waals surface area contributed by atoms with Gasteiger partial charge < -0.3 is 10.1 Å². The van der Waals surface area contributed by atoms with Crippen LogP contribution in [0.3, 0.4) is 0 Å². The molecular formula is C10H19N3O3S. The number of hydrogen-bond donors (Lipinski definition) is 3. The average molecular weight is 261 g/mol. The van der Waals surface area contributed by atoms with Crippen molar-refractivity contribution in [2.24, 2.45) is 5.41 Å². The molecule has 0 aliphatic rings. The minimum atomic E-state index is -3.55. The largest absolute Gasteiger partial charge is 0.396 e. The van der Waals surface area contributed by atoms with E-state index in [-0.39, 0.29) is 17.2 Å². The van der Waals surface area contributed by atoms with Crippen molar-refractivity contribution < 1.29 is 13.5 Å². The summed E-state index contributed by atoms with van der Waals surface area (Å²) in [6.45, 7) is 4.34. The second kappa shape index (κ2) is 5.61. The van der Waals surface area contributed by atoms with E-state index in [1.807, 2.05) is 13.8 Å². The lowest BCUT2D eigenvalue weighted by molar-refractivity contribution is 0.242. The molecule has 0 aliphatic heterocycles. The second-order valence-corrected chi connectivity index (χ2v) is 6.39. The number of aromatic amines is 1. The fourth-order valence-electron chi connectivity index (χ4n) is 1.40. The van der Waals surface area contributed by atoms with Gasteiger partial charge in [-0.3, -0.25) is 0 Å². The number of rotatable bonds is 7. The summed E-state index contributed by atoms with van der Waals surface area (Å²) in [6.07, 6.45) is 4.27. The number of sulfonamides is 1. The number of hydrogen-bond acceptors (Lipinski definition) is 4. The summed E-state index contributed by atoms with van der Waals surface area (Å²) in [7, 11) is -3.55. The Morgan fingerprint density at radius 2 is 2.24 bits per heavy atom. The molecule has 0 fully saturated rings. The van der Waals surface area contributed by atoms with E-state index in [0.29, 0.717) is 13.0 Å². The lowest BCUT2D eigenvalue weighted by atomic mass is 9.88. The zero-order chi connectivity index (χ0) is 12.9. The van der Waals surface area contributed by atoms with Crippen molar-refractivity contribution >= 4 is 10.0 Å². The van der Waals surface area contributed by atoms with Gasteiger partial charge in [-0.2, -0.15) is 0 Å². The van der Waals surface area contributed by atoms with Crippen molar-refractivity contribution in [3.63, 3.8) is 0 Å². The zero-order valence-corrected chi connectivity index (χ0v) is 10.9. The van der Waals surface area contributed by atoms with Crippen LogP contribution in [0.2, 0.25) is 0 Å². The predicted molar refractivity (Wildman–Crippen MR) is 63.9 cm³/mol. The van der Waals surface area contributed by atoms with E-state index < -0.39 is 10.0 Å². The summed E-state index contributed by atoms with van der Waals surface area (Å²) < 4.78 is 26.0. The SMILES string of the molecule is CC(C)(CCCO)CNS(=O)(=O)c1ncc[nH]1. The molecule has 0 aliphatic carbocycles. The number of nitrogens with one attached hydrogen (secondary N) is 2. The van der Waals surface area contributed by atoms with E-state index in [0.717, 1.165) is 6.42 Å². The molecule has 0 bridgehead atoms. The maximum absolute atomic E-state index is 11.8. The van der Waals surface area contributed by atoms with E-state index in [2.05, 4.69) is 14.7 Å². The highest BCUT2D eigenvalue weighted by molar-refractivity contribution is 7.89. The van der Waals surface area contributed by atoms with Gasteiger partial charge in [0.25, 0.3) is 10.0 Å². The molecule has 0 unspecified atom stereocenters. The van der Waals surface area contributed by atoms with Crippen molar-refractivity contribution in [2.75, 3.05) is 13.2 Å². The Bertz CT molecular complexity index is 426. The van der Waals surface area contributed by atoms with Crippen LogP contribution >= 0.6 is 0 Å². The summed E-state index contributed by atoms with van der Waals surface area (Å²) in [5.74, 6) is 0. The van der Waals surface area contributed by atoms with Crippen molar-refractivity contribution in [2.45, 2.75) is 31.8 Å². The molecule has 6 nitrogen and oxygen atoms in total. The van der Waals surface area contributed by atoms with Gasteiger partial charge in [-0.1, -0.05) is 13.8 Å². The summed E-state index contributed by atoms with van der Waals surface area (Å²) in [5.41, 5.74) is -0.192. The van der Waals surface area contributed by atoms with Gasteiger partial charge in [0.1, 0.15) is 0 Å². The average Bonchev–Trinajstić information content (AvgIpc) is 2.78. The molecule has 0 aromatic carbocycles.